The van der Waals surface area contributed by atoms with Gasteiger partial charge in [-0.15, -0.1) is 0 Å². The van der Waals surface area contributed by atoms with Gasteiger partial charge >= 0.3 is 0 Å². The van der Waals surface area contributed by atoms with Gasteiger partial charge in [0.2, 0.25) is 5.75 Å². The van der Waals surface area contributed by atoms with Crippen LogP contribution in [-0.2, 0) is 0 Å². The van der Waals surface area contributed by atoms with Crippen LogP contribution in [0.4, 0.5) is 5.69 Å². The number of unbranched alkanes of at least 4 members (excludes halogenated alkanes) is 1. The molecule has 2 N–H and O–H groups in total. The van der Waals surface area contributed by atoms with Crippen LogP contribution in [0.2, 0.25) is 0 Å². The highest BCUT2D eigenvalue weighted by molar-refractivity contribution is 5.91. The van der Waals surface area contributed by atoms with Crippen molar-refractivity contribution < 1.29 is 19.4 Å². The quantitative estimate of drug-likeness (QED) is 0.290. The zero-order chi connectivity index (χ0) is 28.6. The SMILES string of the molecule is COc1c(O)cc(O)c2c(=O)cc(-c3ccc(N(C)CCCCN(C)C45CC(C)CC(CC(C)C4)C5)cc3)oc12. The van der Waals surface area contributed by atoms with Crippen molar-refractivity contribution in [3.8, 4) is 28.6 Å². The molecule has 2 aromatic carbocycles. The van der Waals surface area contributed by atoms with E-state index in [-0.39, 0.29) is 28.2 Å². The highest BCUT2D eigenvalue weighted by Gasteiger charge is 2.46. The van der Waals surface area contributed by atoms with E-state index in [1.54, 1.807) is 0 Å². The number of phenols is 2. The molecule has 2 fully saturated rings. The third-order valence-corrected chi connectivity index (χ3v) is 9.36. The number of hydrogen-bond acceptors (Lipinski definition) is 7. The van der Waals surface area contributed by atoms with E-state index in [9.17, 15) is 15.0 Å². The molecule has 0 spiro atoms. The van der Waals surface area contributed by atoms with Crippen molar-refractivity contribution in [2.75, 3.05) is 39.2 Å². The van der Waals surface area contributed by atoms with E-state index < -0.39 is 5.43 Å². The maximum atomic E-state index is 12.8. The Labute approximate surface area is 237 Å². The Morgan fingerprint density at radius 3 is 2.25 bits per heavy atom. The predicted octanol–water partition coefficient (Wildman–Crippen LogP) is 6.63. The minimum absolute atomic E-state index is 0.0177. The number of phenolic OH excluding ortho intramolecular Hbond substituents is 2. The number of nitrogens with zero attached hydrogens (tertiary/aromatic N) is 2. The van der Waals surface area contributed by atoms with Gasteiger partial charge in [-0.2, -0.15) is 0 Å². The van der Waals surface area contributed by atoms with Crippen LogP contribution in [0.25, 0.3) is 22.3 Å². The van der Waals surface area contributed by atoms with E-state index in [1.165, 1.54) is 51.7 Å². The number of fused-ring (bicyclic) bond motifs is 3. The lowest BCUT2D eigenvalue weighted by atomic mass is 9.60. The van der Waals surface area contributed by atoms with Crippen LogP contribution in [0, 0.1) is 17.8 Å². The zero-order valence-corrected chi connectivity index (χ0v) is 24.6. The van der Waals surface area contributed by atoms with Crippen molar-refractivity contribution in [2.24, 2.45) is 17.8 Å². The van der Waals surface area contributed by atoms with Crippen LogP contribution in [-0.4, -0.2) is 54.9 Å². The Bertz CT molecular complexity index is 1380. The molecule has 1 heterocycles. The van der Waals surface area contributed by atoms with Crippen molar-refractivity contribution in [2.45, 2.75) is 64.3 Å². The lowest BCUT2D eigenvalue weighted by Gasteiger charge is -2.54. The van der Waals surface area contributed by atoms with E-state index in [2.05, 4.69) is 37.7 Å². The molecule has 7 nitrogen and oxygen atoms in total. The second-order valence-electron chi connectivity index (χ2n) is 12.6. The molecule has 2 unspecified atom stereocenters. The first-order chi connectivity index (χ1) is 19.1. The molecule has 1 aromatic heterocycles. The highest BCUT2D eigenvalue weighted by Crippen LogP contribution is 2.50. The van der Waals surface area contributed by atoms with Crippen molar-refractivity contribution in [1.29, 1.82) is 0 Å². The van der Waals surface area contributed by atoms with E-state index >= 15 is 0 Å². The minimum atomic E-state index is -0.404. The number of methoxy groups -OCH3 is 1. The summed E-state index contributed by atoms with van der Waals surface area (Å²) in [5.41, 5.74) is 1.84. The Kier molecular flexibility index (Phi) is 8.05. The molecule has 5 rings (SSSR count). The topological polar surface area (TPSA) is 86.4 Å². The van der Waals surface area contributed by atoms with Gasteiger partial charge in [-0.05, 0) is 101 Å². The highest BCUT2D eigenvalue weighted by atomic mass is 16.5. The molecule has 2 aliphatic rings. The summed E-state index contributed by atoms with van der Waals surface area (Å²) in [6, 6.07) is 10.3. The van der Waals surface area contributed by atoms with Crippen LogP contribution >= 0.6 is 0 Å². The van der Waals surface area contributed by atoms with E-state index in [0.29, 0.717) is 11.3 Å². The van der Waals surface area contributed by atoms with Crippen LogP contribution in [0.3, 0.4) is 0 Å². The molecule has 3 aromatic rings. The Morgan fingerprint density at radius 2 is 1.60 bits per heavy atom. The van der Waals surface area contributed by atoms with Crippen LogP contribution in [0.1, 0.15) is 58.8 Å². The summed E-state index contributed by atoms with van der Waals surface area (Å²) in [5.74, 6) is 2.31. The van der Waals surface area contributed by atoms with Gasteiger partial charge in [0.05, 0.1) is 7.11 Å². The van der Waals surface area contributed by atoms with Crippen LogP contribution in [0.5, 0.6) is 17.2 Å². The van der Waals surface area contributed by atoms with Gasteiger partial charge < -0.3 is 29.2 Å². The zero-order valence-electron chi connectivity index (χ0n) is 24.6. The number of rotatable bonds is 9. The first-order valence-corrected chi connectivity index (χ1v) is 14.7. The first kappa shape index (κ1) is 28.3. The molecular weight excluding hydrogens is 504 g/mol. The fourth-order valence-corrected chi connectivity index (χ4v) is 7.68. The average Bonchev–Trinajstić information content (AvgIpc) is 2.89. The van der Waals surface area contributed by atoms with Gasteiger partial charge in [0, 0.05) is 42.5 Å². The molecule has 2 bridgehead atoms. The first-order valence-electron chi connectivity index (χ1n) is 14.7. The molecule has 0 aliphatic heterocycles. The van der Waals surface area contributed by atoms with Crippen molar-refractivity contribution in [1.82, 2.24) is 4.90 Å². The van der Waals surface area contributed by atoms with Crippen LogP contribution < -0.4 is 15.1 Å². The van der Waals surface area contributed by atoms with E-state index in [0.717, 1.165) is 54.6 Å². The lowest BCUT2D eigenvalue weighted by molar-refractivity contribution is -0.0267. The smallest absolute Gasteiger partial charge is 0.204 e. The third kappa shape index (κ3) is 5.53. The number of hydrogen-bond donors (Lipinski definition) is 2. The van der Waals surface area contributed by atoms with E-state index in [1.807, 2.05) is 24.3 Å². The van der Waals surface area contributed by atoms with Gasteiger partial charge in [0.15, 0.2) is 16.8 Å². The second kappa shape index (κ2) is 11.4. The summed E-state index contributed by atoms with van der Waals surface area (Å²) < 4.78 is 11.2. The molecule has 7 heteroatoms. The lowest BCUT2D eigenvalue weighted by Crippen LogP contribution is -2.55. The van der Waals surface area contributed by atoms with Crippen LogP contribution in [0.15, 0.2) is 45.6 Å². The molecule has 40 heavy (non-hydrogen) atoms. The van der Waals surface area contributed by atoms with Gasteiger partial charge in [0.25, 0.3) is 0 Å². The van der Waals surface area contributed by atoms with Crippen molar-refractivity contribution in [3.05, 3.63) is 46.6 Å². The minimum Gasteiger partial charge on any atom is -0.507 e. The van der Waals surface area contributed by atoms with Gasteiger partial charge in [-0.25, -0.2) is 0 Å². The summed E-state index contributed by atoms with van der Waals surface area (Å²) in [7, 11) is 5.85. The number of benzene rings is 2. The Hall–Kier alpha value is -3.19. The summed E-state index contributed by atoms with van der Waals surface area (Å²) in [6.45, 7) is 7.02. The Morgan fingerprint density at radius 1 is 0.950 bits per heavy atom. The van der Waals surface area contributed by atoms with Crippen molar-refractivity contribution in [3.63, 3.8) is 0 Å². The number of aromatic hydroxyl groups is 2. The molecule has 2 atom stereocenters. The summed E-state index contributed by atoms with van der Waals surface area (Å²) in [4.78, 5) is 17.7. The maximum absolute atomic E-state index is 12.8. The predicted molar refractivity (Wildman–Crippen MR) is 161 cm³/mol. The third-order valence-electron chi connectivity index (χ3n) is 9.36. The fourth-order valence-electron chi connectivity index (χ4n) is 7.68. The largest absolute Gasteiger partial charge is 0.507 e. The van der Waals surface area contributed by atoms with E-state index in [4.69, 9.17) is 9.15 Å². The normalized spacial score (nSPS) is 24.4. The second-order valence-corrected chi connectivity index (χ2v) is 12.6. The Balaban J connectivity index is 1.20. The van der Waals surface area contributed by atoms with Gasteiger partial charge in [-0.1, -0.05) is 13.8 Å². The molecule has 0 saturated heterocycles. The molecule has 0 amide bonds. The van der Waals surface area contributed by atoms with Gasteiger partial charge in [0.1, 0.15) is 16.9 Å². The standard InChI is InChI=1S/C33H44N2O5/c1-21-14-23-15-22(2)19-33(18-21,20-23)35(4)13-7-6-12-34(3)25-10-8-24(9-11-25)29-17-27(37)30-26(36)16-28(38)31(39-5)32(30)40-29/h8-11,16-17,21-23,36,38H,6-7,12-15,18-20H2,1-5H3. The summed E-state index contributed by atoms with van der Waals surface area (Å²) in [5, 5.41) is 20.3. The van der Waals surface area contributed by atoms with Crippen molar-refractivity contribution >= 4 is 16.7 Å². The fraction of sp³-hybridized carbons (Fsp3) is 0.545. The maximum Gasteiger partial charge on any atom is 0.204 e. The molecule has 2 saturated carbocycles. The molecule has 0 radical (unpaired) electrons. The summed E-state index contributed by atoms with van der Waals surface area (Å²) in [6.07, 6.45) is 9.22. The average molecular weight is 549 g/mol. The monoisotopic (exact) mass is 548 g/mol. The molecular formula is C33H44N2O5. The number of anilines is 1. The summed E-state index contributed by atoms with van der Waals surface area (Å²) >= 11 is 0. The molecule has 216 valence electrons. The van der Waals surface area contributed by atoms with Gasteiger partial charge in [-0.3, -0.25) is 4.79 Å². The number of ether oxygens (including phenoxy) is 1. The molecule has 2 aliphatic carbocycles.